The van der Waals surface area contributed by atoms with Crippen LogP contribution in [0.5, 0.6) is 0 Å². The van der Waals surface area contributed by atoms with Gasteiger partial charge in [-0.3, -0.25) is 4.79 Å². The third-order valence-electron chi connectivity index (χ3n) is 3.63. The molecule has 17 heavy (non-hydrogen) atoms. The normalized spacial score (nSPS) is 27.7. The maximum absolute atomic E-state index is 11.5. The van der Waals surface area contributed by atoms with Crippen molar-refractivity contribution in [3.05, 3.63) is 16.6 Å². The molecule has 0 radical (unpaired) electrons. The van der Waals surface area contributed by atoms with Gasteiger partial charge in [-0.25, -0.2) is 4.98 Å². The average molecular weight is 255 g/mol. The summed E-state index contributed by atoms with van der Waals surface area (Å²) >= 11 is 1.45. The van der Waals surface area contributed by atoms with E-state index in [4.69, 9.17) is 4.74 Å². The van der Waals surface area contributed by atoms with E-state index in [1.807, 2.05) is 5.38 Å². The number of carbonyl (C=O) groups is 1. The Hall–Kier alpha value is -0.940. The second kappa shape index (κ2) is 4.74. The Labute approximate surface area is 105 Å². The lowest BCUT2D eigenvalue weighted by Gasteiger charge is -2.27. The summed E-state index contributed by atoms with van der Waals surface area (Å²) in [7, 11) is 1.41. The van der Waals surface area contributed by atoms with Crippen molar-refractivity contribution in [2.45, 2.75) is 31.8 Å². The standard InChI is InChI=1S/C12H17NO3S/c1-12(15,11-13-5-6-17-11)9-4-3-8(7-9)10(14)16-2/h5-6,8-9,15H,3-4,7H2,1-2H3/t8?,9?,12-/m0/s1. The van der Waals surface area contributed by atoms with Crippen LogP contribution in [0.2, 0.25) is 0 Å². The Morgan fingerprint density at radius 1 is 1.65 bits per heavy atom. The molecule has 1 aliphatic carbocycles. The smallest absolute Gasteiger partial charge is 0.308 e. The fraction of sp³-hybridized carbons (Fsp3) is 0.667. The number of aromatic nitrogens is 1. The molecule has 3 atom stereocenters. The van der Waals surface area contributed by atoms with E-state index in [-0.39, 0.29) is 17.8 Å². The number of thiazole rings is 1. The Morgan fingerprint density at radius 2 is 2.41 bits per heavy atom. The third kappa shape index (κ3) is 2.35. The number of rotatable bonds is 3. The molecule has 0 bridgehead atoms. The van der Waals surface area contributed by atoms with E-state index in [0.717, 1.165) is 17.8 Å². The van der Waals surface area contributed by atoms with Crippen LogP contribution in [-0.4, -0.2) is 23.2 Å². The minimum Gasteiger partial charge on any atom is -0.469 e. The Kier molecular flexibility index (Phi) is 3.49. The lowest BCUT2D eigenvalue weighted by molar-refractivity contribution is -0.145. The van der Waals surface area contributed by atoms with Gasteiger partial charge in [-0.05, 0) is 32.1 Å². The number of nitrogens with zero attached hydrogens (tertiary/aromatic N) is 1. The largest absolute Gasteiger partial charge is 0.469 e. The van der Waals surface area contributed by atoms with Crippen LogP contribution in [0.1, 0.15) is 31.2 Å². The van der Waals surface area contributed by atoms with Crippen molar-refractivity contribution in [1.29, 1.82) is 0 Å². The summed E-state index contributed by atoms with van der Waals surface area (Å²) in [6, 6.07) is 0. The quantitative estimate of drug-likeness (QED) is 0.839. The second-order valence-corrected chi connectivity index (χ2v) is 5.61. The molecule has 5 heteroatoms. The number of hydrogen-bond acceptors (Lipinski definition) is 5. The SMILES string of the molecule is COC(=O)C1CCC([C@](C)(O)c2nccs2)C1. The highest BCUT2D eigenvalue weighted by Gasteiger charge is 2.42. The number of esters is 1. The van der Waals surface area contributed by atoms with Gasteiger partial charge in [-0.2, -0.15) is 0 Å². The van der Waals surface area contributed by atoms with Gasteiger partial charge in [0.1, 0.15) is 10.6 Å². The molecule has 1 N–H and O–H groups in total. The summed E-state index contributed by atoms with van der Waals surface area (Å²) in [4.78, 5) is 15.6. The Bertz CT molecular complexity index is 388. The van der Waals surface area contributed by atoms with Gasteiger partial charge in [0.15, 0.2) is 0 Å². The predicted molar refractivity (Wildman–Crippen MR) is 64.5 cm³/mol. The summed E-state index contributed by atoms with van der Waals surface area (Å²) in [5.74, 6) is -0.156. The molecule has 1 aliphatic rings. The van der Waals surface area contributed by atoms with Gasteiger partial charge in [-0.15, -0.1) is 11.3 Å². The fourth-order valence-corrected chi connectivity index (χ4v) is 3.30. The molecule has 1 aromatic rings. The highest BCUT2D eigenvalue weighted by Crippen LogP contribution is 2.43. The lowest BCUT2D eigenvalue weighted by atomic mass is 9.87. The molecule has 4 nitrogen and oxygen atoms in total. The van der Waals surface area contributed by atoms with Crippen molar-refractivity contribution in [2.24, 2.45) is 11.8 Å². The van der Waals surface area contributed by atoms with Crippen LogP contribution >= 0.6 is 11.3 Å². The van der Waals surface area contributed by atoms with Crippen LogP contribution in [-0.2, 0) is 15.1 Å². The van der Waals surface area contributed by atoms with E-state index in [1.165, 1.54) is 18.4 Å². The summed E-state index contributed by atoms with van der Waals surface area (Å²) in [6.07, 6.45) is 4.01. The van der Waals surface area contributed by atoms with Crippen molar-refractivity contribution < 1.29 is 14.6 Å². The van der Waals surface area contributed by atoms with Gasteiger partial charge in [-0.1, -0.05) is 0 Å². The maximum atomic E-state index is 11.5. The van der Waals surface area contributed by atoms with Gasteiger partial charge < -0.3 is 9.84 Å². The Balaban J connectivity index is 2.08. The topological polar surface area (TPSA) is 59.4 Å². The van der Waals surface area contributed by atoms with E-state index >= 15 is 0 Å². The van der Waals surface area contributed by atoms with Crippen LogP contribution in [0, 0.1) is 11.8 Å². The van der Waals surface area contributed by atoms with Crippen molar-refractivity contribution in [3.8, 4) is 0 Å². The van der Waals surface area contributed by atoms with Crippen LogP contribution in [0.25, 0.3) is 0 Å². The number of aliphatic hydroxyl groups is 1. The number of hydrogen-bond donors (Lipinski definition) is 1. The van der Waals surface area contributed by atoms with E-state index < -0.39 is 5.60 Å². The third-order valence-corrected chi connectivity index (χ3v) is 4.63. The Morgan fingerprint density at radius 3 is 3.00 bits per heavy atom. The molecule has 0 amide bonds. The summed E-state index contributed by atoms with van der Waals surface area (Å²) in [6.45, 7) is 1.79. The van der Waals surface area contributed by atoms with Gasteiger partial charge in [0, 0.05) is 11.6 Å². The fourth-order valence-electron chi connectivity index (χ4n) is 2.52. The first-order valence-electron chi connectivity index (χ1n) is 5.76. The number of ether oxygens (including phenoxy) is 1. The van der Waals surface area contributed by atoms with E-state index in [0.29, 0.717) is 6.42 Å². The van der Waals surface area contributed by atoms with E-state index in [9.17, 15) is 9.90 Å². The molecule has 1 aromatic heterocycles. The first-order chi connectivity index (χ1) is 8.05. The molecular formula is C12H17NO3S. The molecule has 0 saturated heterocycles. The average Bonchev–Trinajstić information content (AvgIpc) is 2.98. The minimum atomic E-state index is -0.934. The zero-order valence-electron chi connectivity index (χ0n) is 10.0. The van der Waals surface area contributed by atoms with Crippen LogP contribution in [0.4, 0.5) is 0 Å². The van der Waals surface area contributed by atoms with Gasteiger partial charge in [0.25, 0.3) is 0 Å². The van der Waals surface area contributed by atoms with Crippen LogP contribution in [0.3, 0.4) is 0 Å². The zero-order chi connectivity index (χ0) is 12.5. The van der Waals surface area contributed by atoms with Gasteiger partial charge >= 0.3 is 5.97 Å². The first-order valence-corrected chi connectivity index (χ1v) is 6.64. The molecular weight excluding hydrogens is 238 g/mol. The van der Waals surface area contributed by atoms with Crippen molar-refractivity contribution >= 4 is 17.3 Å². The van der Waals surface area contributed by atoms with Crippen molar-refractivity contribution in [2.75, 3.05) is 7.11 Å². The highest BCUT2D eigenvalue weighted by atomic mass is 32.1. The monoisotopic (exact) mass is 255 g/mol. The van der Waals surface area contributed by atoms with Crippen molar-refractivity contribution in [3.63, 3.8) is 0 Å². The minimum absolute atomic E-state index is 0.0727. The van der Waals surface area contributed by atoms with Crippen molar-refractivity contribution in [1.82, 2.24) is 4.98 Å². The van der Waals surface area contributed by atoms with E-state index in [1.54, 1.807) is 13.1 Å². The number of carbonyl (C=O) groups excluding carboxylic acids is 1. The molecule has 2 unspecified atom stereocenters. The molecule has 1 saturated carbocycles. The molecule has 0 aromatic carbocycles. The first kappa shape index (κ1) is 12.5. The molecule has 0 aliphatic heterocycles. The second-order valence-electron chi connectivity index (χ2n) is 4.71. The maximum Gasteiger partial charge on any atom is 0.308 e. The zero-order valence-corrected chi connectivity index (χ0v) is 10.9. The summed E-state index contributed by atoms with van der Waals surface area (Å²) < 4.78 is 4.75. The lowest BCUT2D eigenvalue weighted by Crippen LogP contribution is -2.30. The number of methoxy groups -OCH3 is 1. The van der Waals surface area contributed by atoms with Crippen LogP contribution < -0.4 is 0 Å². The summed E-state index contributed by atoms with van der Waals surface area (Å²) in [5, 5.41) is 13.1. The molecule has 2 rings (SSSR count). The van der Waals surface area contributed by atoms with Gasteiger partial charge in [0.05, 0.1) is 13.0 Å². The molecule has 1 fully saturated rings. The molecule has 1 heterocycles. The van der Waals surface area contributed by atoms with Crippen LogP contribution in [0.15, 0.2) is 11.6 Å². The van der Waals surface area contributed by atoms with Gasteiger partial charge in [0.2, 0.25) is 0 Å². The predicted octanol–water partition coefficient (Wildman–Crippen LogP) is 1.94. The summed E-state index contributed by atoms with van der Waals surface area (Å²) in [5.41, 5.74) is -0.934. The molecule has 0 spiro atoms. The highest BCUT2D eigenvalue weighted by molar-refractivity contribution is 7.09. The van der Waals surface area contributed by atoms with E-state index in [2.05, 4.69) is 4.98 Å². The molecule has 94 valence electrons.